The van der Waals surface area contributed by atoms with E-state index in [0.717, 1.165) is 47.2 Å². The number of likely N-dealkylation sites (tertiary alicyclic amines) is 1. The Kier molecular flexibility index (Phi) is 5.74. The summed E-state index contributed by atoms with van der Waals surface area (Å²) in [5.74, 6) is 0.609. The number of imidazole rings is 1. The topological polar surface area (TPSA) is 133 Å². The first kappa shape index (κ1) is 24.3. The van der Waals surface area contributed by atoms with E-state index in [4.69, 9.17) is 15.7 Å². The fraction of sp³-hybridized carbons (Fsp3) is 0.276. The monoisotopic (exact) mass is 534 g/mol. The quantitative estimate of drug-likeness (QED) is 0.303. The number of amides is 1. The van der Waals surface area contributed by atoms with Gasteiger partial charge in [-0.3, -0.25) is 9.69 Å². The number of pyridine rings is 2. The van der Waals surface area contributed by atoms with Crippen molar-refractivity contribution in [1.82, 2.24) is 39.5 Å². The molecule has 0 radical (unpaired) electrons. The fourth-order valence-corrected chi connectivity index (χ4v) is 5.85. The molecule has 4 N–H and O–H groups in total. The van der Waals surface area contributed by atoms with Crippen LogP contribution in [-0.4, -0.2) is 72.3 Å². The van der Waals surface area contributed by atoms with Crippen LogP contribution in [0.3, 0.4) is 0 Å². The van der Waals surface area contributed by atoms with Crippen LogP contribution in [0.1, 0.15) is 28.3 Å². The Morgan fingerprint density at radius 2 is 1.98 bits per heavy atom. The van der Waals surface area contributed by atoms with Gasteiger partial charge in [-0.15, -0.1) is 0 Å². The Hall–Kier alpha value is -4.77. The maximum atomic E-state index is 13.4. The minimum atomic E-state index is -0.404. The first-order chi connectivity index (χ1) is 19.4. The van der Waals surface area contributed by atoms with E-state index >= 15 is 0 Å². The van der Waals surface area contributed by atoms with Crippen molar-refractivity contribution in [3.63, 3.8) is 0 Å². The van der Waals surface area contributed by atoms with Crippen LogP contribution in [0.2, 0.25) is 0 Å². The highest BCUT2D eigenvalue weighted by molar-refractivity contribution is 5.97. The number of hydrogen-bond acceptors (Lipinski definition) is 8. The average Bonchev–Trinajstić information content (AvgIpc) is 3.77. The standard InChI is InChI=1S/C29H30N10O/c1-17-12-32-23-9-8-18(14-38(17)23)25-26(22-6-4-10-31-22)36-28(30)27(35-25)29(40)33-13-19-5-3-7-24(34-19)39-16-20-11-21(39)15-37(20)2/h3-10,12,14,20-21,31H,11,13,15-16H2,1-2H3,(H2,30,36)(H,33,40)/t20-,21-/m0/s1. The zero-order valence-corrected chi connectivity index (χ0v) is 22.4. The van der Waals surface area contributed by atoms with Crippen LogP contribution in [0.4, 0.5) is 11.6 Å². The van der Waals surface area contributed by atoms with Crippen molar-refractivity contribution in [2.75, 3.05) is 30.8 Å². The lowest BCUT2D eigenvalue weighted by Gasteiger charge is -2.32. The first-order valence-corrected chi connectivity index (χ1v) is 13.4. The molecule has 0 aliphatic carbocycles. The maximum Gasteiger partial charge on any atom is 0.274 e. The number of H-pyrrole nitrogens is 1. The summed E-state index contributed by atoms with van der Waals surface area (Å²) in [6.07, 6.45) is 6.75. The fourth-order valence-electron chi connectivity index (χ4n) is 5.85. The number of piperazine rings is 1. The van der Waals surface area contributed by atoms with Gasteiger partial charge in [0.15, 0.2) is 11.5 Å². The third-order valence-corrected chi connectivity index (χ3v) is 7.99. The number of aryl methyl sites for hydroxylation is 1. The highest BCUT2D eigenvalue weighted by Gasteiger charge is 2.41. The number of aromatic amines is 1. The average molecular weight is 535 g/mol. The predicted octanol–water partition coefficient (Wildman–Crippen LogP) is 2.89. The van der Waals surface area contributed by atoms with Crippen molar-refractivity contribution in [1.29, 1.82) is 0 Å². The van der Waals surface area contributed by atoms with Gasteiger partial charge >= 0.3 is 0 Å². The summed E-state index contributed by atoms with van der Waals surface area (Å²) in [4.78, 5) is 40.0. The third-order valence-electron chi connectivity index (χ3n) is 7.99. The Bertz CT molecular complexity index is 1720. The van der Waals surface area contributed by atoms with Crippen LogP contribution in [0.15, 0.2) is 61.1 Å². The number of fused-ring (bicyclic) bond motifs is 3. The number of aromatic nitrogens is 6. The molecule has 202 valence electrons. The molecule has 2 fully saturated rings. The molecule has 7 rings (SSSR count). The predicted molar refractivity (Wildman–Crippen MR) is 153 cm³/mol. The van der Waals surface area contributed by atoms with Crippen molar-refractivity contribution in [2.24, 2.45) is 0 Å². The molecule has 0 spiro atoms. The van der Waals surface area contributed by atoms with Gasteiger partial charge in [0.25, 0.3) is 5.91 Å². The van der Waals surface area contributed by atoms with E-state index in [0.29, 0.717) is 23.5 Å². The highest BCUT2D eigenvalue weighted by Crippen LogP contribution is 2.33. The van der Waals surface area contributed by atoms with Crippen LogP contribution in [0.5, 0.6) is 0 Å². The number of nitrogens with two attached hydrogens (primary N) is 1. The van der Waals surface area contributed by atoms with Crippen molar-refractivity contribution in [2.45, 2.75) is 32.0 Å². The molecule has 0 unspecified atom stereocenters. The number of anilines is 2. The molecule has 5 aromatic heterocycles. The second-order valence-corrected chi connectivity index (χ2v) is 10.6. The number of carbonyl (C=O) groups excluding carboxylic acids is 1. The molecular formula is C29H30N10O. The molecule has 1 amide bonds. The first-order valence-electron chi connectivity index (χ1n) is 13.4. The molecule has 11 heteroatoms. The summed E-state index contributed by atoms with van der Waals surface area (Å²) in [6.45, 7) is 4.28. The van der Waals surface area contributed by atoms with Crippen LogP contribution >= 0.6 is 0 Å². The van der Waals surface area contributed by atoms with E-state index in [1.54, 1.807) is 0 Å². The molecule has 2 saturated heterocycles. The molecule has 40 heavy (non-hydrogen) atoms. The number of nitrogens with zero attached hydrogens (tertiary/aromatic N) is 7. The van der Waals surface area contributed by atoms with Gasteiger partial charge in [0.2, 0.25) is 0 Å². The lowest BCUT2D eigenvalue weighted by atomic mass is 10.1. The molecule has 2 aliphatic rings. The van der Waals surface area contributed by atoms with E-state index in [1.807, 2.05) is 72.4 Å². The van der Waals surface area contributed by atoms with Crippen LogP contribution in [-0.2, 0) is 6.54 Å². The maximum absolute atomic E-state index is 13.4. The van der Waals surface area contributed by atoms with Gasteiger partial charge in [0.05, 0.1) is 17.9 Å². The van der Waals surface area contributed by atoms with Crippen LogP contribution < -0.4 is 16.0 Å². The zero-order valence-electron chi connectivity index (χ0n) is 22.4. The number of nitrogens with one attached hydrogen (secondary N) is 2. The van der Waals surface area contributed by atoms with Crippen molar-refractivity contribution in [3.05, 3.63) is 78.1 Å². The summed E-state index contributed by atoms with van der Waals surface area (Å²) in [7, 11) is 2.18. The number of rotatable bonds is 6. The molecule has 2 aliphatic heterocycles. The normalized spacial score (nSPS) is 18.6. The van der Waals surface area contributed by atoms with Crippen LogP contribution in [0.25, 0.3) is 28.3 Å². The highest BCUT2D eigenvalue weighted by atomic mass is 16.1. The van der Waals surface area contributed by atoms with Gasteiger partial charge in [-0.25, -0.2) is 19.9 Å². The number of likely N-dealkylation sites (N-methyl/N-ethyl adjacent to an activating group) is 1. The van der Waals surface area contributed by atoms with Crippen molar-refractivity contribution in [3.8, 4) is 22.6 Å². The minimum absolute atomic E-state index is 0.0599. The molecule has 11 nitrogen and oxygen atoms in total. The lowest BCUT2D eigenvalue weighted by molar-refractivity contribution is 0.0946. The Balaban J connectivity index is 1.17. The minimum Gasteiger partial charge on any atom is -0.382 e. The molecule has 0 saturated carbocycles. The molecule has 7 heterocycles. The Labute approximate surface area is 231 Å². The molecule has 0 aromatic carbocycles. The van der Waals surface area contributed by atoms with Gasteiger partial charge in [0, 0.05) is 55.0 Å². The smallest absolute Gasteiger partial charge is 0.274 e. The number of carbonyl (C=O) groups is 1. The van der Waals surface area contributed by atoms with Gasteiger partial charge in [0.1, 0.15) is 22.9 Å². The van der Waals surface area contributed by atoms with E-state index in [9.17, 15) is 4.79 Å². The van der Waals surface area contributed by atoms with Crippen molar-refractivity contribution >= 4 is 23.2 Å². The van der Waals surface area contributed by atoms with E-state index in [-0.39, 0.29) is 18.1 Å². The van der Waals surface area contributed by atoms with Crippen LogP contribution in [0, 0.1) is 6.92 Å². The summed E-state index contributed by atoms with van der Waals surface area (Å²) >= 11 is 0. The van der Waals surface area contributed by atoms with Gasteiger partial charge < -0.3 is 25.3 Å². The molecule has 5 aromatic rings. The van der Waals surface area contributed by atoms with E-state index in [1.165, 1.54) is 6.42 Å². The zero-order chi connectivity index (χ0) is 27.4. The summed E-state index contributed by atoms with van der Waals surface area (Å²) < 4.78 is 1.98. The summed E-state index contributed by atoms with van der Waals surface area (Å²) in [6, 6.07) is 14.6. The van der Waals surface area contributed by atoms with Gasteiger partial charge in [-0.1, -0.05) is 6.07 Å². The van der Waals surface area contributed by atoms with E-state index < -0.39 is 5.91 Å². The van der Waals surface area contributed by atoms with E-state index in [2.05, 4.69) is 37.1 Å². The molecule has 2 bridgehead atoms. The van der Waals surface area contributed by atoms with Crippen molar-refractivity contribution < 1.29 is 4.79 Å². The van der Waals surface area contributed by atoms with Gasteiger partial charge in [-0.05, 0) is 56.8 Å². The second-order valence-electron chi connectivity index (χ2n) is 10.6. The Morgan fingerprint density at radius 3 is 2.75 bits per heavy atom. The SMILES string of the molecule is Cc1cnc2ccc(-c3nc(C(=O)NCc4cccc(N5C[C@@H]6C[C@H]5CN6C)n4)c(N)nc3-c3ccc[nH]3)cn12. The number of hydrogen-bond donors (Lipinski definition) is 3. The third kappa shape index (κ3) is 4.15. The molecule has 2 atom stereocenters. The summed E-state index contributed by atoms with van der Waals surface area (Å²) in [5.41, 5.74) is 11.6. The Morgan fingerprint density at radius 1 is 1.07 bits per heavy atom. The van der Waals surface area contributed by atoms with Gasteiger partial charge in [-0.2, -0.15) is 0 Å². The molecular weight excluding hydrogens is 504 g/mol. The second kappa shape index (κ2) is 9.45. The lowest BCUT2D eigenvalue weighted by Crippen LogP contribution is -2.45. The largest absolute Gasteiger partial charge is 0.382 e. The summed E-state index contributed by atoms with van der Waals surface area (Å²) in [5, 5.41) is 2.95. The number of nitrogen functional groups attached to an aromatic ring is 1.